The van der Waals surface area contributed by atoms with E-state index in [1.54, 1.807) is 0 Å². The van der Waals surface area contributed by atoms with Crippen LogP contribution in [0.1, 0.15) is 74.1 Å². The fraction of sp³-hybridized carbons (Fsp3) is 1.00. The van der Waals surface area contributed by atoms with Crippen molar-refractivity contribution in [1.29, 1.82) is 0 Å². The van der Waals surface area contributed by atoms with E-state index in [4.69, 9.17) is 0 Å². The Kier molecular flexibility index (Phi) is 15.9. The van der Waals surface area contributed by atoms with Gasteiger partial charge in [0, 0.05) is 6.42 Å². The van der Waals surface area contributed by atoms with Gasteiger partial charge in [-0.3, -0.25) is 0 Å². The molecule has 0 N–H and O–H groups in total. The smallest absolute Gasteiger partial charge is 0.171 e. The van der Waals surface area contributed by atoms with Gasteiger partial charge in [0.25, 0.3) is 0 Å². The summed E-state index contributed by atoms with van der Waals surface area (Å²) in [5, 5.41) is 0. The van der Waals surface area contributed by atoms with Gasteiger partial charge < -0.3 is 0 Å². The van der Waals surface area contributed by atoms with E-state index in [2.05, 4.69) is 20.8 Å². The van der Waals surface area contributed by atoms with Crippen molar-refractivity contribution in [3.05, 3.63) is 0 Å². The number of halogens is 3. The molecule has 0 aromatic carbocycles. The van der Waals surface area contributed by atoms with Crippen LogP contribution in [0, 0.1) is 11.8 Å². The third-order valence-corrected chi connectivity index (χ3v) is 2.11. The second-order valence-electron chi connectivity index (χ2n) is 5.08. The first-order chi connectivity index (χ1) is 7.19. The number of alkyl halides is 3. The van der Waals surface area contributed by atoms with Crippen molar-refractivity contribution < 1.29 is 13.2 Å². The zero-order chi connectivity index (χ0) is 13.2. The van der Waals surface area contributed by atoms with E-state index >= 15 is 0 Å². The van der Waals surface area contributed by atoms with E-state index in [0.29, 0.717) is 12.3 Å². The molecule has 0 aliphatic carbocycles. The van der Waals surface area contributed by atoms with Crippen molar-refractivity contribution in [1.82, 2.24) is 0 Å². The van der Waals surface area contributed by atoms with Crippen molar-refractivity contribution in [2.24, 2.45) is 11.8 Å². The van der Waals surface area contributed by atoms with Crippen molar-refractivity contribution in [2.45, 2.75) is 80.3 Å². The van der Waals surface area contributed by atoms with Gasteiger partial charge in [0.15, 0.2) is 0 Å². The van der Waals surface area contributed by atoms with Gasteiger partial charge >= 0.3 is 6.18 Å². The highest BCUT2D eigenvalue weighted by molar-refractivity contribution is 4.52. The number of hydrogen-bond acceptors (Lipinski definition) is 0. The maximum absolute atomic E-state index is 11.5. The summed E-state index contributed by atoms with van der Waals surface area (Å²) in [6.07, 6.45) is -0.960. The van der Waals surface area contributed by atoms with Crippen LogP contribution in [0.15, 0.2) is 0 Å². The van der Waals surface area contributed by atoms with E-state index in [-0.39, 0.29) is 13.8 Å². The Hall–Kier alpha value is -0.210. The van der Waals surface area contributed by atoms with E-state index in [1.165, 1.54) is 12.8 Å². The molecule has 0 rings (SSSR count). The molecule has 0 amide bonds. The normalized spacial score (nSPS) is 10.9. The fourth-order valence-electron chi connectivity index (χ4n) is 1.29. The van der Waals surface area contributed by atoms with Gasteiger partial charge in [-0.15, -0.1) is 0 Å². The molecule has 0 aliphatic rings. The van der Waals surface area contributed by atoms with Gasteiger partial charge in [0.1, 0.15) is 0 Å². The Labute approximate surface area is 106 Å². The van der Waals surface area contributed by atoms with Crippen LogP contribution in [0.5, 0.6) is 0 Å². The molecule has 17 heavy (non-hydrogen) atoms. The summed E-state index contributed by atoms with van der Waals surface area (Å²) in [5.74, 6) is 1.28. The first-order valence-corrected chi connectivity index (χ1v) is 6.25. The molecule has 0 unspecified atom stereocenters. The van der Waals surface area contributed by atoms with Crippen LogP contribution < -0.4 is 0 Å². The zero-order valence-electron chi connectivity index (χ0n) is 11.3. The lowest BCUT2D eigenvalue weighted by Crippen LogP contribution is -2.06. The summed E-state index contributed by atoms with van der Waals surface area (Å²) in [5.41, 5.74) is 0. The molecule has 0 spiro atoms. The van der Waals surface area contributed by atoms with E-state index in [9.17, 15) is 13.2 Å². The molecule has 0 atom stereocenters. The van der Waals surface area contributed by atoms with Crippen LogP contribution in [0.3, 0.4) is 0 Å². The van der Waals surface area contributed by atoms with Crippen molar-refractivity contribution in [3.63, 3.8) is 0 Å². The molecule has 0 radical (unpaired) electrons. The number of rotatable bonds is 5. The van der Waals surface area contributed by atoms with Crippen LogP contribution in [-0.2, 0) is 0 Å². The highest BCUT2D eigenvalue weighted by Gasteiger charge is 2.25. The molecule has 0 fully saturated rings. The summed E-state index contributed by atoms with van der Waals surface area (Å²) in [4.78, 5) is 0. The highest BCUT2D eigenvalue weighted by Crippen LogP contribution is 2.23. The monoisotopic (exact) mass is 256 g/mol. The maximum atomic E-state index is 11.5. The number of hydrogen-bond donors (Lipinski definition) is 0. The Balaban J connectivity index is -0.000000244. The lowest BCUT2D eigenvalue weighted by Gasteiger charge is -2.06. The second-order valence-corrected chi connectivity index (χ2v) is 5.08. The van der Waals surface area contributed by atoms with Gasteiger partial charge in [-0.25, -0.2) is 0 Å². The summed E-state index contributed by atoms with van der Waals surface area (Å²) < 4.78 is 34.5. The van der Waals surface area contributed by atoms with Crippen LogP contribution in [0.2, 0.25) is 0 Å². The van der Waals surface area contributed by atoms with Crippen molar-refractivity contribution in [3.8, 4) is 0 Å². The molecular weight excluding hydrogens is 225 g/mol. The maximum Gasteiger partial charge on any atom is 0.389 e. The van der Waals surface area contributed by atoms with Gasteiger partial charge in [-0.1, -0.05) is 61.3 Å². The van der Waals surface area contributed by atoms with Gasteiger partial charge in [0.05, 0.1) is 0 Å². The summed E-state index contributed by atoms with van der Waals surface area (Å²) in [7, 11) is 0. The van der Waals surface area contributed by atoms with E-state index < -0.39 is 12.6 Å². The molecule has 0 nitrogen and oxygen atoms in total. The second kappa shape index (κ2) is 12.3. The Morgan fingerprint density at radius 1 is 0.882 bits per heavy atom. The molecule has 0 bridgehead atoms. The van der Waals surface area contributed by atoms with E-state index in [0.717, 1.165) is 5.92 Å². The standard InChI is InChI=1S/C7H13F3.C6H14.CH4/c1-6(2)4-3-5-7(8,9)10;1-4-5-6(2)3;/h6H,3-5H2,1-2H3;6H,4-5H2,1-3H3;1H4. The summed E-state index contributed by atoms with van der Waals surface area (Å²) >= 11 is 0. The molecule has 0 heterocycles. The van der Waals surface area contributed by atoms with E-state index in [1.807, 2.05) is 13.8 Å². The first-order valence-electron chi connectivity index (χ1n) is 6.25. The Morgan fingerprint density at radius 2 is 1.29 bits per heavy atom. The van der Waals surface area contributed by atoms with Crippen molar-refractivity contribution in [2.75, 3.05) is 0 Å². The molecule has 0 aromatic heterocycles. The molecule has 0 aliphatic heterocycles. The minimum atomic E-state index is -3.96. The zero-order valence-corrected chi connectivity index (χ0v) is 11.3. The topological polar surface area (TPSA) is 0 Å². The van der Waals surface area contributed by atoms with Crippen LogP contribution in [-0.4, -0.2) is 6.18 Å². The predicted octanol–water partition coefficient (Wildman–Crippen LogP) is 6.45. The van der Waals surface area contributed by atoms with Crippen LogP contribution >= 0.6 is 0 Å². The Bertz CT molecular complexity index is 137. The minimum absolute atomic E-state index is 0. The lowest BCUT2D eigenvalue weighted by molar-refractivity contribution is -0.135. The summed E-state index contributed by atoms with van der Waals surface area (Å²) in [6.45, 7) is 10.6. The van der Waals surface area contributed by atoms with Crippen LogP contribution in [0.4, 0.5) is 13.2 Å². The average Bonchev–Trinajstić information content (AvgIpc) is 2.00. The SMILES string of the molecule is C.CC(C)CCCC(F)(F)F.CCCC(C)C. The average molecular weight is 256 g/mol. The largest absolute Gasteiger partial charge is 0.389 e. The minimum Gasteiger partial charge on any atom is -0.171 e. The fourth-order valence-corrected chi connectivity index (χ4v) is 1.29. The quantitative estimate of drug-likeness (QED) is 0.530. The van der Waals surface area contributed by atoms with Gasteiger partial charge in [0.2, 0.25) is 0 Å². The van der Waals surface area contributed by atoms with Crippen molar-refractivity contribution >= 4 is 0 Å². The molecule has 108 valence electrons. The molecule has 0 saturated carbocycles. The highest BCUT2D eigenvalue weighted by atomic mass is 19.4. The summed E-state index contributed by atoms with van der Waals surface area (Å²) in [6, 6.07) is 0. The van der Waals surface area contributed by atoms with Gasteiger partial charge in [-0.05, 0) is 18.3 Å². The van der Waals surface area contributed by atoms with Gasteiger partial charge in [-0.2, -0.15) is 13.2 Å². The van der Waals surface area contributed by atoms with Crippen LogP contribution in [0.25, 0.3) is 0 Å². The predicted molar refractivity (Wildman–Crippen MR) is 71.2 cm³/mol. The lowest BCUT2D eigenvalue weighted by atomic mass is 10.1. The first kappa shape index (κ1) is 22.0. The molecular formula is C14H31F3. The molecule has 3 heteroatoms. The molecule has 0 saturated heterocycles. The Morgan fingerprint density at radius 3 is 1.47 bits per heavy atom. The third-order valence-electron chi connectivity index (χ3n) is 2.11. The molecule has 0 aromatic rings. The third kappa shape index (κ3) is 31.3.